The second-order valence-electron chi connectivity index (χ2n) is 21.7. The minimum absolute atomic E-state index is 0.0580. The van der Waals surface area contributed by atoms with Crippen LogP contribution in [0.1, 0.15) is 277 Å². The largest absolute Gasteiger partial charge is 0.472 e. The Balaban J connectivity index is 4.18. The highest BCUT2D eigenvalue weighted by Crippen LogP contribution is 2.43. The van der Waals surface area contributed by atoms with Crippen LogP contribution in [0, 0.1) is 0 Å². The molecule has 3 unspecified atom stereocenters. The molecule has 0 heterocycles. The molecule has 0 aliphatic carbocycles. The van der Waals surface area contributed by atoms with Gasteiger partial charge in [0.2, 0.25) is 5.91 Å². The number of phosphoric acid groups is 1. The van der Waals surface area contributed by atoms with E-state index >= 15 is 0 Å². The number of nitrogens with one attached hydrogen (secondary N) is 1. The van der Waals surface area contributed by atoms with Gasteiger partial charge in [-0.05, 0) is 57.8 Å². The molecule has 0 aromatic heterocycles. The number of carbonyl (C=O) groups is 1. The van der Waals surface area contributed by atoms with Gasteiger partial charge >= 0.3 is 7.82 Å². The van der Waals surface area contributed by atoms with Gasteiger partial charge in [-0.1, -0.05) is 274 Å². The summed E-state index contributed by atoms with van der Waals surface area (Å²) in [5.41, 5.74) is 0. The fourth-order valence-electron chi connectivity index (χ4n) is 8.80. The van der Waals surface area contributed by atoms with E-state index in [0.717, 1.165) is 70.6 Å². The molecular weight excluding hydrogens is 900 g/mol. The summed E-state index contributed by atoms with van der Waals surface area (Å²) in [5.74, 6) is -0.184. The van der Waals surface area contributed by atoms with Crippen LogP contribution in [0.15, 0.2) is 60.8 Å². The van der Waals surface area contributed by atoms with Crippen LogP contribution in [0.4, 0.5) is 0 Å². The highest BCUT2D eigenvalue weighted by molar-refractivity contribution is 7.47. The van der Waals surface area contributed by atoms with Gasteiger partial charge in [-0.3, -0.25) is 13.8 Å². The van der Waals surface area contributed by atoms with Gasteiger partial charge in [0.1, 0.15) is 13.2 Å². The molecule has 0 rings (SSSR count). The summed E-state index contributed by atoms with van der Waals surface area (Å²) >= 11 is 0. The molecule has 0 spiro atoms. The van der Waals surface area contributed by atoms with Gasteiger partial charge in [-0.2, -0.15) is 0 Å². The van der Waals surface area contributed by atoms with Gasteiger partial charge in [0.25, 0.3) is 0 Å². The molecule has 416 valence electrons. The molecule has 0 aromatic carbocycles. The fourth-order valence-corrected chi connectivity index (χ4v) is 9.54. The standard InChI is InChI=1S/C62H117N2O6P/c1-6-8-10-12-14-16-18-20-22-24-26-28-29-30-31-32-33-34-36-37-39-41-43-45-47-49-51-53-55-61(65)60(59-70-71(67,68)69-58-57-64(3,4)5)63-62(66)56-54-52-50-48-46-44-42-40-38-35-27-25-23-21-19-17-15-13-11-9-7-2/h9,11,15,17,21,23,27,35,53,55,60-61,65H,6-8,10,12-14,16,18-20,22,24-26,28-34,36-52,54,56-59H2,1-5H3,(H-,63,66,67,68)/p+1/b11-9-,17-15-,23-21-,35-27-,55-53+. The van der Waals surface area contributed by atoms with Gasteiger partial charge in [-0.25, -0.2) is 4.57 Å². The maximum Gasteiger partial charge on any atom is 0.472 e. The lowest BCUT2D eigenvalue weighted by molar-refractivity contribution is -0.870. The summed E-state index contributed by atoms with van der Waals surface area (Å²) in [6, 6.07) is -0.855. The van der Waals surface area contributed by atoms with E-state index in [2.05, 4.69) is 67.8 Å². The van der Waals surface area contributed by atoms with Crippen molar-refractivity contribution in [3.8, 4) is 0 Å². The molecule has 0 aromatic rings. The Labute approximate surface area is 441 Å². The Morgan fingerprint density at radius 2 is 0.845 bits per heavy atom. The van der Waals surface area contributed by atoms with Crippen LogP contribution in [0.25, 0.3) is 0 Å². The van der Waals surface area contributed by atoms with Crippen LogP contribution in [-0.2, 0) is 18.4 Å². The number of unbranched alkanes of at least 4 members (excludes halogenated alkanes) is 34. The van der Waals surface area contributed by atoms with Gasteiger partial charge in [0.15, 0.2) is 0 Å². The summed E-state index contributed by atoms with van der Waals surface area (Å²) in [6.07, 6.45) is 71.9. The molecule has 0 aliphatic rings. The van der Waals surface area contributed by atoms with Crippen molar-refractivity contribution in [1.29, 1.82) is 0 Å². The third-order valence-corrected chi connectivity index (χ3v) is 14.5. The number of hydrogen-bond donors (Lipinski definition) is 3. The van der Waals surface area contributed by atoms with E-state index in [1.54, 1.807) is 6.08 Å². The summed E-state index contributed by atoms with van der Waals surface area (Å²) in [7, 11) is 1.57. The lowest BCUT2D eigenvalue weighted by Crippen LogP contribution is -2.45. The van der Waals surface area contributed by atoms with Crippen molar-refractivity contribution in [3.63, 3.8) is 0 Å². The van der Waals surface area contributed by atoms with E-state index in [0.29, 0.717) is 17.4 Å². The highest BCUT2D eigenvalue weighted by atomic mass is 31.2. The minimum atomic E-state index is -4.35. The Morgan fingerprint density at radius 3 is 1.24 bits per heavy atom. The maximum atomic E-state index is 13.0. The Hall–Kier alpha value is -1.80. The second-order valence-corrected chi connectivity index (χ2v) is 23.2. The van der Waals surface area contributed by atoms with Gasteiger partial charge < -0.3 is 19.8 Å². The van der Waals surface area contributed by atoms with Crippen molar-refractivity contribution < 1.29 is 32.9 Å². The number of likely N-dealkylation sites (N-methyl/N-ethyl adjacent to an activating group) is 1. The molecule has 0 bridgehead atoms. The Bertz CT molecular complexity index is 1340. The average Bonchev–Trinajstić information content (AvgIpc) is 3.33. The van der Waals surface area contributed by atoms with E-state index in [1.807, 2.05) is 27.2 Å². The van der Waals surface area contributed by atoms with Crippen LogP contribution >= 0.6 is 7.82 Å². The van der Waals surface area contributed by atoms with Crippen molar-refractivity contribution >= 4 is 13.7 Å². The van der Waals surface area contributed by atoms with Crippen molar-refractivity contribution in [2.45, 2.75) is 289 Å². The summed E-state index contributed by atoms with van der Waals surface area (Å²) in [4.78, 5) is 23.3. The first-order valence-electron chi connectivity index (χ1n) is 30.2. The fraction of sp³-hybridized carbons (Fsp3) is 0.823. The molecule has 3 atom stereocenters. The first kappa shape index (κ1) is 69.2. The number of allylic oxidation sites excluding steroid dienone is 9. The number of hydrogen-bond acceptors (Lipinski definition) is 5. The predicted molar refractivity (Wildman–Crippen MR) is 309 cm³/mol. The molecule has 8 nitrogen and oxygen atoms in total. The highest BCUT2D eigenvalue weighted by Gasteiger charge is 2.27. The molecule has 0 saturated heterocycles. The molecule has 0 radical (unpaired) electrons. The smallest absolute Gasteiger partial charge is 0.387 e. The minimum Gasteiger partial charge on any atom is -0.387 e. The number of aliphatic hydroxyl groups excluding tert-OH is 1. The van der Waals surface area contributed by atoms with Gasteiger partial charge in [0, 0.05) is 6.42 Å². The van der Waals surface area contributed by atoms with Crippen LogP contribution in [0.5, 0.6) is 0 Å². The van der Waals surface area contributed by atoms with Crippen molar-refractivity contribution in [3.05, 3.63) is 60.8 Å². The van der Waals surface area contributed by atoms with Crippen LogP contribution in [0.3, 0.4) is 0 Å². The molecule has 0 saturated carbocycles. The molecule has 71 heavy (non-hydrogen) atoms. The number of phosphoric ester groups is 1. The van der Waals surface area contributed by atoms with E-state index in [1.165, 1.54) is 186 Å². The molecular formula is C62H118N2O6P+. The maximum absolute atomic E-state index is 13.0. The molecule has 0 fully saturated rings. The van der Waals surface area contributed by atoms with Crippen molar-refractivity contribution in [1.82, 2.24) is 5.32 Å². The second kappa shape index (κ2) is 53.0. The van der Waals surface area contributed by atoms with Crippen LogP contribution in [-0.4, -0.2) is 73.4 Å². The molecule has 1 amide bonds. The van der Waals surface area contributed by atoms with Crippen molar-refractivity contribution in [2.75, 3.05) is 40.9 Å². The Morgan fingerprint density at radius 1 is 0.493 bits per heavy atom. The predicted octanol–water partition coefficient (Wildman–Crippen LogP) is 18.5. The molecule has 0 aliphatic heterocycles. The van der Waals surface area contributed by atoms with E-state index in [-0.39, 0.29) is 19.1 Å². The molecule has 3 N–H and O–H groups in total. The van der Waals surface area contributed by atoms with Crippen LogP contribution in [0.2, 0.25) is 0 Å². The topological polar surface area (TPSA) is 105 Å². The lowest BCUT2D eigenvalue weighted by atomic mass is 10.0. The summed E-state index contributed by atoms with van der Waals surface area (Å²) in [5, 5.41) is 14.0. The zero-order chi connectivity index (χ0) is 52.0. The van der Waals surface area contributed by atoms with E-state index < -0.39 is 20.0 Å². The van der Waals surface area contributed by atoms with Crippen LogP contribution < -0.4 is 5.32 Å². The monoisotopic (exact) mass is 1020 g/mol. The number of amides is 1. The SMILES string of the molecule is CC/C=C\C/C=C\C/C=C\C/C=C\CCCCCCCCCCC(=O)NC(COP(=O)(O)OCC[N+](C)(C)C)C(O)/C=C/CCCCCCCCCCCCCCCCCCCCCCCCCCCC. The lowest BCUT2D eigenvalue weighted by Gasteiger charge is -2.25. The summed E-state index contributed by atoms with van der Waals surface area (Å²) < 4.78 is 23.7. The Kier molecular flexibility index (Phi) is 51.7. The van der Waals surface area contributed by atoms with Gasteiger partial charge in [-0.15, -0.1) is 0 Å². The quantitative estimate of drug-likeness (QED) is 0.0243. The number of aliphatic hydroxyl groups is 1. The average molecular weight is 1020 g/mol. The first-order valence-corrected chi connectivity index (χ1v) is 31.7. The number of carbonyl (C=O) groups excluding carboxylic acids is 1. The third-order valence-electron chi connectivity index (χ3n) is 13.5. The third kappa shape index (κ3) is 55.8. The van der Waals surface area contributed by atoms with E-state index in [9.17, 15) is 19.4 Å². The zero-order valence-corrected chi connectivity index (χ0v) is 48.4. The zero-order valence-electron chi connectivity index (χ0n) is 47.5. The van der Waals surface area contributed by atoms with Gasteiger partial charge in [0.05, 0.1) is 39.9 Å². The number of nitrogens with zero attached hydrogens (tertiary/aromatic N) is 1. The normalized spacial score (nSPS) is 14.3. The number of quaternary nitrogens is 1. The van der Waals surface area contributed by atoms with Crippen molar-refractivity contribution in [2.24, 2.45) is 0 Å². The molecule has 9 heteroatoms. The van der Waals surface area contributed by atoms with E-state index in [4.69, 9.17) is 9.05 Å². The first-order chi connectivity index (χ1) is 34.5. The number of rotatable bonds is 55. The summed E-state index contributed by atoms with van der Waals surface area (Å²) in [6.45, 7) is 4.72.